The van der Waals surface area contributed by atoms with Gasteiger partial charge in [-0.3, -0.25) is 0 Å². The van der Waals surface area contributed by atoms with Gasteiger partial charge in [-0.25, -0.2) is 4.79 Å². The predicted molar refractivity (Wildman–Crippen MR) is 101 cm³/mol. The van der Waals surface area contributed by atoms with Crippen LogP contribution in [0.1, 0.15) is 23.2 Å². The number of hydrogen-bond donors (Lipinski definition) is 0. The minimum absolute atomic E-state index is 0.0621. The van der Waals surface area contributed by atoms with Crippen LogP contribution < -0.4 is 4.90 Å². The third-order valence-corrected chi connectivity index (χ3v) is 4.76. The van der Waals surface area contributed by atoms with Crippen molar-refractivity contribution in [1.29, 1.82) is 0 Å². The number of fused-ring (bicyclic) bond motifs is 1. The molecule has 1 saturated heterocycles. The van der Waals surface area contributed by atoms with Crippen molar-refractivity contribution in [3.05, 3.63) is 78.4 Å². The monoisotopic (exact) mass is 331 g/mol. The van der Waals surface area contributed by atoms with Gasteiger partial charge in [0.1, 0.15) is 6.10 Å². The zero-order valence-electron chi connectivity index (χ0n) is 14.1. The van der Waals surface area contributed by atoms with E-state index in [1.165, 1.54) is 5.69 Å². The second kappa shape index (κ2) is 6.98. The van der Waals surface area contributed by atoms with Gasteiger partial charge in [0.15, 0.2) is 0 Å². The van der Waals surface area contributed by atoms with Crippen LogP contribution in [0.2, 0.25) is 0 Å². The quantitative estimate of drug-likeness (QED) is 0.653. The third-order valence-electron chi connectivity index (χ3n) is 4.76. The number of ether oxygens (including phenoxy) is 1. The van der Waals surface area contributed by atoms with Gasteiger partial charge in [-0.05, 0) is 47.9 Å². The lowest BCUT2D eigenvalue weighted by molar-refractivity contribution is 0.0270. The van der Waals surface area contributed by atoms with Gasteiger partial charge in [-0.15, -0.1) is 0 Å². The van der Waals surface area contributed by atoms with E-state index in [0.717, 1.165) is 36.7 Å². The average molecular weight is 331 g/mol. The number of hydrogen-bond acceptors (Lipinski definition) is 3. The molecule has 0 N–H and O–H groups in total. The van der Waals surface area contributed by atoms with E-state index >= 15 is 0 Å². The van der Waals surface area contributed by atoms with Crippen molar-refractivity contribution in [2.24, 2.45) is 0 Å². The van der Waals surface area contributed by atoms with Crippen molar-refractivity contribution in [3.8, 4) is 0 Å². The van der Waals surface area contributed by atoms with Crippen molar-refractivity contribution in [2.45, 2.75) is 18.9 Å². The number of carbonyl (C=O) groups excluding carboxylic acids is 1. The molecule has 0 spiro atoms. The van der Waals surface area contributed by atoms with Gasteiger partial charge in [-0.1, -0.05) is 48.5 Å². The Morgan fingerprint density at radius 1 is 0.920 bits per heavy atom. The maximum Gasteiger partial charge on any atom is 0.338 e. The number of para-hydroxylation sites is 1. The molecule has 3 aromatic rings. The summed E-state index contributed by atoms with van der Waals surface area (Å²) in [4.78, 5) is 14.9. The lowest BCUT2D eigenvalue weighted by Gasteiger charge is -2.34. The van der Waals surface area contributed by atoms with E-state index in [1.807, 2.05) is 60.7 Å². The summed E-state index contributed by atoms with van der Waals surface area (Å²) in [5.41, 5.74) is 1.81. The first kappa shape index (κ1) is 15.7. The molecule has 1 unspecified atom stereocenters. The molecule has 4 rings (SSSR count). The first-order chi connectivity index (χ1) is 12.3. The van der Waals surface area contributed by atoms with Crippen LogP contribution in [-0.2, 0) is 4.74 Å². The van der Waals surface area contributed by atoms with Crippen molar-refractivity contribution in [3.63, 3.8) is 0 Å². The van der Waals surface area contributed by atoms with Crippen LogP contribution in [0.5, 0.6) is 0 Å². The molecule has 0 aliphatic carbocycles. The van der Waals surface area contributed by atoms with Gasteiger partial charge in [0.2, 0.25) is 0 Å². The average Bonchev–Trinajstić information content (AvgIpc) is 2.68. The first-order valence-corrected chi connectivity index (χ1v) is 8.79. The topological polar surface area (TPSA) is 29.5 Å². The zero-order chi connectivity index (χ0) is 17.1. The Hall–Kier alpha value is -2.81. The molecule has 1 aliphatic rings. The summed E-state index contributed by atoms with van der Waals surface area (Å²) < 4.78 is 5.80. The highest BCUT2D eigenvalue weighted by Crippen LogP contribution is 2.22. The highest BCUT2D eigenvalue weighted by Gasteiger charge is 2.23. The Balaban J connectivity index is 1.46. The fourth-order valence-electron chi connectivity index (χ4n) is 3.44. The van der Waals surface area contributed by atoms with Gasteiger partial charge in [0.25, 0.3) is 0 Å². The Labute approximate surface area is 147 Å². The molecule has 0 aromatic heterocycles. The van der Waals surface area contributed by atoms with Crippen molar-refractivity contribution in [2.75, 3.05) is 18.0 Å². The zero-order valence-corrected chi connectivity index (χ0v) is 14.1. The lowest BCUT2D eigenvalue weighted by Crippen LogP contribution is -2.40. The first-order valence-electron chi connectivity index (χ1n) is 8.79. The number of benzene rings is 3. The summed E-state index contributed by atoms with van der Waals surface area (Å²) in [7, 11) is 0. The number of piperidine rings is 1. The Bertz CT molecular complexity index is 875. The van der Waals surface area contributed by atoms with Crippen LogP contribution >= 0.6 is 0 Å². The number of anilines is 1. The van der Waals surface area contributed by atoms with E-state index in [1.54, 1.807) is 0 Å². The highest BCUT2D eigenvalue weighted by molar-refractivity contribution is 5.95. The fraction of sp³-hybridized carbons (Fsp3) is 0.227. The summed E-state index contributed by atoms with van der Waals surface area (Å²) in [5.74, 6) is -0.231. The number of nitrogens with zero attached hydrogens (tertiary/aromatic N) is 1. The minimum atomic E-state index is -0.231. The van der Waals surface area contributed by atoms with Gasteiger partial charge in [0.05, 0.1) is 12.1 Å². The molecular formula is C22H21NO2. The standard InChI is InChI=1S/C22H21NO2/c24-22(19-13-12-17-7-4-5-8-18(17)15-19)25-21-11-6-14-23(16-21)20-9-2-1-3-10-20/h1-5,7-10,12-13,15,21H,6,11,14,16H2. The molecular weight excluding hydrogens is 310 g/mol. The van der Waals surface area contributed by atoms with E-state index in [0.29, 0.717) is 5.56 Å². The summed E-state index contributed by atoms with van der Waals surface area (Å²) >= 11 is 0. The number of rotatable bonds is 3. The van der Waals surface area contributed by atoms with Crippen LogP contribution in [-0.4, -0.2) is 25.2 Å². The molecule has 0 radical (unpaired) electrons. The maximum atomic E-state index is 12.6. The maximum absolute atomic E-state index is 12.6. The molecule has 3 aromatic carbocycles. The molecule has 1 atom stereocenters. The molecule has 126 valence electrons. The Morgan fingerprint density at radius 2 is 1.68 bits per heavy atom. The van der Waals surface area contributed by atoms with Crippen molar-refractivity contribution >= 4 is 22.4 Å². The second-order valence-electron chi connectivity index (χ2n) is 6.51. The Morgan fingerprint density at radius 3 is 2.52 bits per heavy atom. The second-order valence-corrected chi connectivity index (χ2v) is 6.51. The van der Waals surface area contributed by atoms with Crippen LogP contribution in [0, 0.1) is 0 Å². The minimum Gasteiger partial charge on any atom is -0.457 e. The van der Waals surface area contributed by atoms with Crippen LogP contribution in [0.25, 0.3) is 10.8 Å². The van der Waals surface area contributed by atoms with Crippen LogP contribution in [0.3, 0.4) is 0 Å². The molecule has 3 nitrogen and oxygen atoms in total. The summed E-state index contributed by atoms with van der Waals surface area (Å²) in [5, 5.41) is 2.19. The van der Waals surface area contributed by atoms with Gasteiger partial charge >= 0.3 is 5.97 Å². The van der Waals surface area contributed by atoms with Gasteiger partial charge < -0.3 is 9.64 Å². The van der Waals surface area contributed by atoms with E-state index < -0.39 is 0 Å². The van der Waals surface area contributed by atoms with Crippen LogP contribution in [0.15, 0.2) is 72.8 Å². The van der Waals surface area contributed by atoms with E-state index in [2.05, 4.69) is 17.0 Å². The lowest BCUT2D eigenvalue weighted by atomic mass is 10.1. The van der Waals surface area contributed by atoms with Gasteiger partial charge in [0, 0.05) is 12.2 Å². The molecule has 25 heavy (non-hydrogen) atoms. The summed E-state index contributed by atoms with van der Waals surface area (Å²) in [6, 6.07) is 24.1. The number of carbonyl (C=O) groups is 1. The van der Waals surface area contributed by atoms with Gasteiger partial charge in [-0.2, -0.15) is 0 Å². The normalized spacial score (nSPS) is 17.4. The van der Waals surface area contributed by atoms with E-state index in [4.69, 9.17) is 4.74 Å². The third kappa shape index (κ3) is 3.50. The molecule has 1 aliphatic heterocycles. The van der Waals surface area contributed by atoms with Crippen molar-refractivity contribution < 1.29 is 9.53 Å². The predicted octanol–water partition coefficient (Wildman–Crippen LogP) is 4.67. The van der Waals surface area contributed by atoms with E-state index in [-0.39, 0.29) is 12.1 Å². The SMILES string of the molecule is O=C(OC1CCCN(c2ccccc2)C1)c1ccc2ccccc2c1. The smallest absolute Gasteiger partial charge is 0.338 e. The molecule has 0 bridgehead atoms. The summed E-state index contributed by atoms with van der Waals surface area (Å²) in [6.07, 6.45) is 1.89. The molecule has 0 amide bonds. The molecule has 0 saturated carbocycles. The van der Waals surface area contributed by atoms with Crippen LogP contribution in [0.4, 0.5) is 5.69 Å². The summed E-state index contributed by atoms with van der Waals surface area (Å²) in [6.45, 7) is 1.76. The van der Waals surface area contributed by atoms with Crippen molar-refractivity contribution in [1.82, 2.24) is 0 Å². The fourth-order valence-corrected chi connectivity index (χ4v) is 3.44. The Kier molecular flexibility index (Phi) is 4.38. The number of esters is 1. The molecule has 1 heterocycles. The molecule has 3 heteroatoms. The highest BCUT2D eigenvalue weighted by atomic mass is 16.5. The largest absolute Gasteiger partial charge is 0.457 e. The molecule has 1 fully saturated rings. The van der Waals surface area contributed by atoms with E-state index in [9.17, 15) is 4.79 Å².